The van der Waals surface area contributed by atoms with Crippen LogP contribution in [0.5, 0.6) is 0 Å². The van der Waals surface area contributed by atoms with Crippen LogP contribution in [0.3, 0.4) is 0 Å². The van der Waals surface area contributed by atoms with E-state index < -0.39 is 0 Å². The molecular weight excluding hydrogens is 156 g/mol. The summed E-state index contributed by atoms with van der Waals surface area (Å²) in [7, 11) is 0. The summed E-state index contributed by atoms with van der Waals surface area (Å²) < 4.78 is 0. The Morgan fingerprint density at radius 2 is 1.77 bits per heavy atom. The summed E-state index contributed by atoms with van der Waals surface area (Å²) in [5.74, 6) is 0. The molecule has 68 valence electrons. The fourth-order valence-electron chi connectivity index (χ4n) is 1.39. The third kappa shape index (κ3) is 2.32. The molecule has 0 unspecified atom stereocenters. The lowest BCUT2D eigenvalue weighted by atomic mass is 9.99. The largest absolute Gasteiger partial charge is 0.0955 e. The zero-order valence-electron chi connectivity index (χ0n) is 8.59. The van der Waals surface area contributed by atoms with Gasteiger partial charge in [-0.1, -0.05) is 48.1 Å². The van der Waals surface area contributed by atoms with E-state index in [0.29, 0.717) is 0 Å². The zero-order valence-corrected chi connectivity index (χ0v) is 8.59. The Bertz CT molecular complexity index is 326. The van der Waals surface area contributed by atoms with Gasteiger partial charge in [0, 0.05) is 0 Å². The molecule has 1 aromatic carbocycles. The third-order valence-electron chi connectivity index (χ3n) is 2.11. The van der Waals surface area contributed by atoms with Gasteiger partial charge in [-0.3, -0.25) is 0 Å². The number of aryl methyl sites for hydroxylation is 1. The summed E-state index contributed by atoms with van der Waals surface area (Å²) in [5.41, 5.74) is 4.90. The van der Waals surface area contributed by atoms with Crippen molar-refractivity contribution in [3.63, 3.8) is 0 Å². The predicted molar refractivity (Wildman–Crippen MR) is 59.6 cm³/mol. The molecular formula is C13H16. The fourth-order valence-corrected chi connectivity index (χ4v) is 1.39. The number of allylic oxidation sites excluding steroid dienone is 3. The van der Waals surface area contributed by atoms with Crippen molar-refractivity contribution >= 4 is 5.57 Å². The Balaban J connectivity index is 3.07. The van der Waals surface area contributed by atoms with E-state index in [1.54, 1.807) is 0 Å². The molecule has 0 spiro atoms. The molecule has 0 saturated heterocycles. The molecule has 0 aliphatic heterocycles. The minimum atomic E-state index is 1.12. The Morgan fingerprint density at radius 1 is 1.23 bits per heavy atom. The minimum absolute atomic E-state index is 1.12. The van der Waals surface area contributed by atoms with Crippen molar-refractivity contribution in [3.05, 3.63) is 53.6 Å². The summed E-state index contributed by atoms with van der Waals surface area (Å²) in [6.45, 7) is 10.1. The van der Waals surface area contributed by atoms with Crippen molar-refractivity contribution in [2.45, 2.75) is 20.8 Å². The molecule has 0 radical (unpaired) electrons. The van der Waals surface area contributed by atoms with Crippen molar-refractivity contribution in [2.75, 3.05) is 0 Å². The minimum Gasteiger partial charge on any atom is -0.0955 e. The SMILES string of the molecule is C=C(C)/C(=C\C)c1ccc(C)cc1. The lowest BCUT2D eigenvalue weighted by Crippen LogP contribution is -1.84. The Labute approximate surface area is 80.6 Å². The van der Waals surface area contributed by atoms with Gasteiger partial charge in [0.05, 0.1) is 0 Å². The molecule has 0 heteroatoms. The van der Waals surface area contributed by atoms with E-state index >= 15 is 0 Å². The van der Waals surface area contributed by atoms with Gasteiger partial charge in [0.2, 0.25) is 0 Å². The second-order valence-corrected chi connectivity index (χ2v) is 3.35. The van der Waals surface area contributed by atoms with Crippen molar-refractivity contribution in [3.8, 4) is 0 Å². The van der Waals surface area contributed by atoms with Crippen LogP contribution in [0.1, 0.15) is 25.0 Å². The van der Waals surface area contributed by atoms with Crippen molar-refractivity contribution in [2.24, 2.45) is 0 Å². The summed E-state index contributed by atoms with van der Waals surface area (Å²) >= 11 is 0. The van der Waals surface area contributed by atoms with E-state index in [0.717, 1.165) is 5.57 Å². The fraction of sp³-hybridized carbons (Fsp3) is 0.231. The predicted octanol–water partition coefficient (Wildman–Crippen LogP) is 3.97. The molecule has 0 bridgehead atoms. The highest BCUT2D eigenvalue weighted by molar-refractivity contribution is 5.77. The smallest absolute Gasteiger partial charge is 0.0185 e. The highest BCUT2D eigenvalue weighted by Crippen LogP contribution is 2.21. The molecule has 13 heavy (non-hydrogen) atoms. The quantitative estimate of drug-likeness (QED) is 0.592. The molecule has 0 atom stereocenters. The second-order valence-electron chi connectivity index (χ2n) is 3.35. The van der Waals surface area contributed by atoms with Gasteiger partial charge in [-0.05, 0) is 31.9 Å². The summed E-state index contributed by atoms with van der Waals surface area (Å²) in [5, 5.41) is 0. The van der Waals surface area contributed by atoms with Crippen LogP contribution in [0.2, 0.25) is 0 Å². The first-order chi connectivity index (χ1) is 6.15. The molecule has 0 aliphatic carbocycles. The van der Waals surface area contributed by atoms with Crippen LogP contribution in [-0.2, 0) is 0 Å². The lowest BCUT2D eigenvalue weighted by molar-refractivity contribution is 1.43. The van der Waals surface area contributed by atoms with Gasteiger partial charge in [0.15, 0.2) is 0 Å². The molecule has 0 fully saturated rings. The van der Waals surface area contributed by atoms with Crippen LogP contribution in [0.4, 0.5) is 0 Å². The van der Waals surface area contributed by atoms with Gasteiger partial charge < -0.3 is 0 Å². The first-order valence-electron chi connectivity index (χ1n) is 4.54. The number of hydrogen-bond donors (Lipinski definition) is 0. The number of rotatable bonds is 2. The second kappa shape index (κ2) is 4.08. The Kier molecular flexibility index (Phi) is 3.07. The van der Waals surface area contributed by atoms with Crippen LogP contribution in [0, 0.1) is 6.92 Å². The maximum Gasteiger partial charge on any atom is -0.0185 e. The number of hydrogen-bond acceptors (Lipinski definition) is 0. The number of benzene rings is 1. The van der Waals surface area contributed by atoms with Gasteiger partial charge in [-0.25, -0.2) is 0 Å². The molecule has 1 rings (SSSR count). The average Bonchev–Trinajstić information content (AvgIpc) is 2.09. The van der Waals surface area contributed by atoms with E-state index in [9.17, 15) is 0 Å². The van der Waals surface area contributed by atoms with E-state index in [-0.39, 0.29) is 0 Å². The monoisotopic (exact) mass is 172 g/mol. The van der Waals surface area contributed by atoms with E-state index in [1.807, 2.05) is 13.8 Å². The molecule has 1 aromatic rings. The van der Waals surface area contributed by atoms with Crippen LogP contribution in [-0.4, -0.2) is 0 Å². The van der Waals surface area contributed by atoms with Gasteiger partial charge in [-0.15, -0.1) is 0 Å². The molecule has 0 aliphatic rings. The van der Waals surface area contributed by atoms with Crippen LogP contribution < -0.4 is 0 Å². The molecule has 0 saturated carbocycles. The highest BCUT2D eigenvalue weighted by atomic mass is 14.0. The first-order valence-corrected chi connectivity index (χ1v) is 4.54. The third-order valence-corrected chi connectivity index (χ3v) is 2.11. The van der Waals surface area contributed by atoms with Gasteiger partial charge in [-0.2, -0.15) is 0 Å². The van der Waals surface area contributed by atoms with Crippen molar-refractivity contribution in [1.82, 2.24) is 0 Å². The van der Waals surface area contributed by atoms with E-state index in [1.165, 1.54) is 16.7 Å². The topological polar surface area (TPSA) is 0 Å². The molecule has 0 amide bonds. The van der Waals surface area contributed by atoms with E-state index in [2.05, 4.69) is 43.8 Å². The zero-order chi connectivity index (χ0) is 9.84. The van der Waals surface area contributed by atoms with Crippen LogP contribution in [0.25, 0.3) is 5.57 Å². The maximum absolute atomic E-state index is 3.96. The Morgan fingerprint density at radius 3 is 2.15 bits per heavy atom. The molecule has 0 aromatic heterocycles. The van der Waals surface area contributed by atoms with Crippen molar-refractivity contribution < 1.29 is 0 Å². The molecule has 0 heterocycles. The summed E-state index contributed by atoms with van der Waals surface area (Å²) in [6, 6.07) is 8.53. The summed E-state index contributed by atoms with van der Waals surface area (Å²) in [6.07, 6.45) is 2.10. The summed E-state index contributed by atoms with van der Waals surface area (Å²) in [4.78, 5) is 0. The van der Waals surface area contributed by atoms with Gasteiger partial charge in [0.25, 0.3) is 0 Å². The maximum atomic E-state index is 3.96. The highest BCUT2D eigenvalue weighted by Gasteiger charge is 1.99. The van der Waals surface area contributed by atoms with E-state index in [4.69, 9.17) is 0 Å². The van der Waals surface area contributed by atoms with Gasteiger partial charge in [0.1, 0.15) is 0 Å². The van der Waals surface area contributed by atoms with Crippen molar-refractivity contribution in [1.29, 1.82) is 0 Å². The molecule has 0 nitrogen and oxygen atoms in total. The Hall–Kier alpha value is -1.30. The van der Waals surface area contributed by atoms with Crippen LogP contribution in [0.15, 0.2) is 42.5 Å². The average molecular weight is 172 g/mol. The van der Waals surface area contributed by atoms with Crippen LogP contribution >= 0.6 is 0 Å². The first kappa shape index (κ1) is 9.79. The van der Waals surface area contributed by atoms with Gasteiger partial charge >= 0.3 is 0 Å². The standard InChI is InChI=1S/C13H16/c1-5-13(10(2)3)12-8-6-11(4)7-9-12/h5-9H,2H2,1,3-4H3/b13-5+. The molecule has 0 N–H and O–H groups in total. The normalized spacial score (nSPS) is 11.5. The lowest BCUT2D eigenvalue weighted by Gasteiger charge is -2.06.